The first-order valence-corrected chi connectivity index (χ1v) is 10.6. The van der Waals surface area contributed by atoms with Crippen LogP contribution in [0.5, 0.6) is 5.75 Å². The number of rotatable bonds is 5. The molecule has 1 amide bonds. The summed E-state index contributed by atoms with van der Waals surface area (Å²) in [7, 11) is 1.65. The van der Waals surface area contributed by atoms with Crippen molar-refractivity contribution in [1.82, 2.24) is 14.5 Å². The molecule has 0 fully saturated rings. The van der Waals surface area contributed by atoms with Crippen LogP contribution in [0.15, 0.2) is 70.5 Å². The number of hydrogen-bond donors (Lipinski definition) is 0. The van der Waals surface area contributed by atoms with E-state index in [1.807, 2.05) is 36.4 Å². The molecule has 4 heterocycles. The number of methoxy groups -OCH3 is 1. The summed E-state index contributed by atoms with van der Waals surface area (Å²) in [5, 5.41) is 6.35. The second kappa shape index (κ2) is 8.07. The van der Waals surface area contributed by atoms with Gasteiger partial charge in [-0.25, -0.2) is 5.01 Å². The molecule has 0 saturated carbocycles. The lowest BCUT2D eigenvalue weighted by Crippen LogP contribution is -2.43. The third-order valence-corrected chi connectivity index (χ3v) is 6.27. The van der Waals surface area contributed by atoms with Gasteiger partial charge in [-0.1, -0.05) is 0 Å². The van der Waals surface area contributed by atoms with E-state index in [9.17, 15) is 4.79 Å². The lowest BCUT2D eigenvalue weighted by atomic mass is 10.0. The molecule has 1 aromatic carbocycles. The van der Waals surface area contributed by atoms with Gasteiger partial charge in [0.05, 0.1) is 25.6 Å². The van der Waals surface area contributed by atoms with Crippen molar-refractivity contribution >= 4 is 11.6 Å². The van der Waals surface area contributed by atoms with Crippen LogP contribution >= 0.6 is 0 Å². The van der Waals surface area contributed by atoms with Crippen LogP contribution in [0.3, 0.4) is 0 Å². The highest BCUT2D eigenvalue weighted by molar-refractivity contribution is 6.03. The molecule has 0 unspecified atom stereocenters. The minimum atomic E-state index is -0.233. The Hall–Kier alpha value is -3.32. The van der Waals surface area contributed by atoms with E-state index in [2.05, 4.69) is 34.7 Å². The fourth-order valence-corrected chi connectivity index (χ4v) is 4.49. The number of hydrogen-bond acceptors (Lipinski definition) is 5. The zero-order valence-corrected chi connectivity index (χ0v) is 17.8. The molecule has 31 heavy (non-hydrogen) atoms. The fraction of sp³-hybridized carbons (Fsp3) is 0.333. The summed E-state index contributed by atoms with van der Waals surface area (Å²) in [5.41, 5.74) is 3.10. The first-order chi connectivity index (χ1) is 15.1. The van der Waals surface area contributed by atoms with Gasteiger partial charge in [0.1, 0.15) is 17.6 Å². The highest BCUT2D eigenvalue weighted by Gasteiger charge is 2.36. The van der Waals surface area contributed by atoms with Gasteiger partial charge in [0.15, 0.2) is 0 Å². The van der Waals surface area contributed by atoms with E-state index in [1.54, 1.807) is 18.4 Å². The van der Waals surface area contributed by atoms with Gasteiger partial charge in [-0.3, -0.25) is 9.69 Å². The van der Waals surface area contributed by atoms with Gasteiger partial charge in [-0.2, -0.15) is 5.10 Å². The first kappa shape index (κ1) is 19.6. The summed E-state index contributed by atoms with van der Waals surface area (Å²) in [6.45, 7) is 4.20. The average molecular weight is 418 g/mol. The van der Waals surface area contributed by atoms with E-state index in [0.29, 0.717) is 13.0 Å². The number of carbonyl (C=O) groups is 1. The minimum absolute atomic E-state index is 0.0169. The van der Waals surface area contributed by atoms with Crippen molar-refractivity contribution in [1.29, 1.82) is 0 Å². The zero-order valence-electron chi connectivity index (χ0n) is 17.8. The Labute approximate surface area is 181 Å². The molecule has 0 bridgehead atoms. The lowest BCUT2D eigenvalue weighted by Gasteiger charge is -2.35. The van der Waals surface area contributed by atoms with E-state index in [0.717, 1.165) is 35.9 Å². The van der Waals surface area contributed by atoms with Crippen LogP contribution in [0.2, 0.25) is 0 Å². The molecule has 0 radical (unpaired) electrons. The molecule has 2 aliphatic rings. The molecule has 3 aromatic rings. The number of ether oxygens (including phenoxy) is 1. The van der Waals surface area contributed by atoms with Crippen molar-refractivity contribution in [2.24, 2.45) is 5.10 Å². The number of fused-ring (bicyclic) bond motifs is 1. The molecule has 2 aromatic heterocycles. The standard InChI is InChI=1S/C24H26N4O3/c1-17-21-5-3-11-26(21)12-13-27(17)16-24(29)28-22(23-6-4-14-31-23)15-20(25-28)18-7-9-19(30-2)10-8-18/h3-11,14,17,22H,12-13,15-16H2,1-2H3/t17-,22-/m1/s1. The summed E-state index contributed by atoms with van der Waals surface area (Å²) in [4.78, 5) is 15.6. The topological polar surface area (TPSA) is 63.2 Å². The third kappa shape index (κ3) is 3.65. The molecule has 2 atom stereocenters. The summed E-state index contributed by atoms with van der Waals surface area (Å²) in [6.07, 6.45) is 4.36. The second-order valence-electron chi connectivity index (χ2n) is 8.02. The SMILES string of the molecule is COc1ccc(C2=NN(C(=O)CN3CCn4cccc4[C@H]3C)[C@@H](c3ccco3)C2)cc1. The van der Waals surface area contributed by atoms with Crippen LogP contribution in [0, 0.1) is 0 Å². The summed E-state index contributed by atoms with van der Waals surface area (Å²) in [5.74, 6) is 1.53. The Balaban J connectivity index is 1.38. The summed E-state index contributed by atoms with van der Waals surface area (Å²) in [6, 6.07) is 15.7. The van der Waals surface area contributed by atoms with E-state index in [4.69, 9.17) is 14.3 Å². The predicted molar refractivity (Wildman–Crippen MR) is 117 cm³/mol. The quantitative estimate of drug-likeness (QED) is 0.632. The maximum atomic E-state index is 13.4. The number of carbonyl (C=O) groups excluding carboxylic acids is 1. The predicted octanol–water partition coefficient (Wildman–Crippen LogP) is 3.84. The van der Waals surface area contributed by atoms with Gasteiger partial charge in [0, 0.05) is 37.4 Å². The van der Waals surface area contributed by atoms with Gasteiger partial charge in [-0.15, -0.1) is 0 Å². The van der Waals surface area contributed by atoms with Gasteiger partial charge < -0.3 is 13.7 Å². The van der Waals surface area contributed by atoms with Crippen LogP contribution < -0.4 is 4.74 Å². The Morgan fingerprint density at radius 2 is 2.00 bits per heavy atom. The first-order valence-electron chi connectivity index (χ1n) is 10.6. The Morgan fingerprint density at radius 1 is 1.16 bits per heavy atom. The summed E-state index contributed by atoms with van der Waals surface area (Å²) >= 11 is 0. The smallest absolute Gasteiger partial charge is 0.257 e. The zero-order chi connectivity index (χ0) is 21.4. The number of furan rings is 1. The molecule has 0 saturated heterocycles. The Kier molecular flexibility index (Phi) is 5.11. The van der Waals surface area contributed by atoms with Gasteiger partial charge in [0.2, 0.25) is 0 Å². The maximum absolute atomic E-state index is 13.4. The highest BCUT2D eigenvalue weighted by Crippen LogP contribution is 2.34. The van der Waals surface area contributed by atoms with Crippen molar-refractivity contribution in [3.8, 4) is 5.75 Å². The normalized spacial score (nSPS) is 21.1. The maximum Gasteiger partial charge on any atom is 0.257 e. The van der Waals surface area contributed by atoms with E-state index in [-0.39, 0.29) is 18.0 Å². The molecule has 5 rings (SSSR count). The molecule has 0 aliphatic carbocycles. The molecule has 7 heteroatoms. The van der Waals surface area contributed by atoms with Crippen LogP contribution in [-0.4, -0.2) is 46.3 Å². The summed E-state index contributed by atoms with van der Waals surface area (Å²) < 4.78 is 13.2. The van der Waals surface area contributed by atoms with Gasteiger partial charge in [0.25, 0.3) is 5.91 Å². The fourth-order valence-electron chi connectivity index (χ4n) is 4.49. The molecular weight excluding hydrogens is 392 g/mol. The molecule has 0 N–H and O–H groups in total. The van der Waals surface area contributed by atoms with Crippen LogP contribution in [-0.2, 0) is 11.3 Å². The van der Waals surface area contributed by atoms with Crippen molar-refractivity contribution < 1.29 is 13.9 Å². The Bertz CT molecular complexity index is 1080. The lowest BCUT2D eigenvalue weighted by molar-refractivity contribution is -0.135. The van der Waals surface area contributed by atoms with Gasteiger partial charge in [-0.05, 0) is 61.0 Å². The van der Waals surface area contributed by atoms with E-state index < -0.39 is 0 Å². The Morgan fingerprint density at radius 3 is 2.74 bits per heavy atom. The highest BCUT2D eigenvalue weighted by atomic mass is 16.5. The number of amides is 1. The minimum Gasteiger partial charge on any atom is -0.497 e. The number of aromatic nitrogens is 1. The molecule has 0 spiro atoms. The van der Waals surface area contributed by atoms with Crippen molar-refractivity contribution in [2.75, 3.05) is 20.2 Å². The molecule has 7 nitrogen and oxygen atoms in total. The second-order valence-corrected chi connectivity index (χ2v) is 8.02. The van der Waals surface area contributed by atoms with Crippen molar-refractivity contribution in [3.05, 3.63) is 78.0 Å². The van der Waals surface area contributed by atoms with E-state index in [1.165, 1.54) is 5.69 Å². The molecule has 160 valence electrons. The van der Waals surface area contributed by atoms with Gasteiger partial charge >= 0.3 is 0 Å². The number of hydrazone groups is 1. The van der Waals surface area contributed by atoms with Crippen LogP contribution in [0.4, 0.5) is 0 Å². The molecule has 2 aliphatic heterocycles. The number of benzene rings is 1. The van der Waals surface area contributed by atoms with Crippen molar-refractivity contribution in [3.63, 3.8) is 0 Å². The number of nitrogens with zero attached hydrogens (tertiary/aromatic N) is 4. The third-order valence-electron chi connectivity index (χ3n) is 6.27. The monoisotopic (exact) mass is 418 g/mol. The molecular formula is C24H26N4O3. The van der Waals surface area contributed by atoms with Crippen molar-refractivity contribution in [2.45, 2.75) is 32.0 Å². The average Bonchev–Trinajstić information content (AvgIpc) is 3.55. The van der Waals surface area contributed by atoms with Crippen LogP contribution in [0.1, 0.15) is 42.4 Å². The van der Waals surface area contributed by atoms with E-state index >= 15 is 0 Å². The van der Waals surface area contributed by atoms with Crippen LogP contribution in [0.25, 0.3) is 0 Å². The largest absolute Gasteiger partial charge is 0.497 e.